The summed E-state index contributed by atoms with van der Waals surface area (Å²) in [6.07, 6.45) is 0. The maximum Gasteiger partial charge on any atom is 0.308 e. The summed E-state index contributed by atoms with van der Waals surface area (Å²) in [6.45, 7) is 1.40. The van der Waals surface area contributed by atoms with Crippen molar-refractivity contribution in [2.75, 3.05) is 0 Å². The van der Waals surface area contributed by atoms with Gasteiger partial charge in [-0.2, -0.15) is 0 Å². The molecule has 0 atom stereocenters. The van der Waals surface area contributed by atoms with Crippen LogP contribution in [0.3, 0.4) is 0 Å². The Labute approximate surface area is 96.0 Å². The summed E-state index contributed by atoms with van der Waals surface area (Å²) in [5, 5.41) is 1.97. The Kier molecular flexibility index (Phi) is 2.73. The molecule has 0 aromatic heterocycles. The summed E-state index contributed by atoms with van der Waals surface area (Å²) >= 11 is 3.46. The summed E-state index contributed by atoms with van der Waals surface area (Å²) in [5.74, 6) is 0.295. The summed E-state index contributed by atoms with van der Waals surface area (Å²) in [6, 6.07) is 11.4. The fourth-order valence-corrected chi connectivity index (χ4v) is 1.99. The topological polar surface area (TPSA) is 26.3 Å². The molecule has 0 N–H and O–H groups in total. The first-order valence-corrected chi connectivity index (χ1v) is 5.33. The minimum absolute atomic E-state index is 0.303. The molecule has 2 aromatic carbocycles. The Hall–Kier alpha value is -1.35. The molecule has 2 aromatic rings. The van der Waals surface area contributed by atoms with Crippen LogP contribution < -0.4 is 4.74 Å². The Bertz CT molecular complexity index is 520. The van der Waals surface area contributed by atoms with Crippen molar-refractivity contribution in [2.24, 2.45) is 0 Å². The largest absolute Gasteiger partial charge is 0.426 e. The number of hydrogen-bond acceptors (Lipinski definition) is 2. The number of carbonyl (C=O) groups excluding carboxylic acids is 1. The van der Waals surface area contributed by atoms with Gasteiger partial charge in [0.15, 0.2) is 0 Å². The third-order valence-electron chi connectivity index (χ3n) is 2.08. The molecule has 0 amide bonds. The van der Waals surface area contributed by atoms with Gasteiger partial charge in [0.1, 0.15) is 5.75 Å². The smallest absolute Gasteiger partial charge is 0.308 e. The highest BCUT2D eigenvalue weighted by Gasteiger charge is 2.05. The summed E-state index contributed by atoms with van der Waals surface area (Å²) < 4.78 is 6.12. The van der Waals surface area contributed by atoms with Crippen molar-refractivity contribution < 1.29 is 9.53 Å². The number of carbonyl (C=O) groups is 1. The van der Waals surface area contributed by atoms with Crippen molar-refractivity contribution in [3.63, 3.8) is 0 Å². The lowest BCUT2D eigenvalue weighted by atomic mass is 10.1. The Balaban J connectivity index is 2.65. The van der Waals surface area contributed by atoms with Gasteiger partial charge in [0.05, 0.1) is 0 Å². The molecule has 0 fully saturated rings. The molecule has 0 bridgehead atoms. The van der Waals surface area contributed by atoms with Crippen LogP contribution >= 0.6 is 15.9 Å². The Morgan fingerprint density at radius 1 is 1.13 bits per heavy atom. The molecule has 0 saturated heterocycles. The zero-order chi connectivity index (χ0) is 10.8. The monoisotopic (exact) mass is 264 g/mol. The number of esters is 1. The number of hydrogen-bond donors (Lipinski definition) is 0. The first kappa shape index (κ1) is 10.2. The second-order valence-electron chi connectivity index (χ2n) is 3.18. The van der Waals surface area contributed by atoms with E-state index in [4.69, 9.17) is 4.74 Å². The van der Waals surface area contributed by atoms with Crippen molar-refractivity contribution in [1.29, 1.82) is 0 Å². The SMILES string of the molecule is CC(=O)Oc1cccc2c(Br)cccc12. The molecule has 15 heavy (non-hydrogen) atoms. The zero-order valence-corrected chi connectivity index (χ0v) is 9.74. The van der Waals surface area contributed by atoms with Crippen LogP contribution in [0.5, 0.6) is 5.75 Å². The number of fused-ring (bicyclic) bond motifs is 1. The van der Waals surface area contributed by atoms with Crippen molar-refractivity contribution in [3.8, 4) is 5.75 Å². The minimum atomic E-state index is -0.303. The highest BCUT2D eigenvalue weighted by Crippen LogP contribution is 2.30. The van der Waals surface area contributed by atoms with E-state index in [-0.39, 0.29) is 5.97 Å². The summed E-state index contributed by atoms with van der Waals surface area (Å²) in [5.41, 5.74) is 0. The minimum Gasteiger partial charge on any atom is -0.426 e. The molecule has 0 aliphatic carbocycles. The molecule has 2 nitrogen and oxygen atoms in total. The average molecular weight is 265 g/mol. The van der Waals surface area contributed by atoms with E-state index in [1.165, 1.54) is 6.92 Å². The quantitative estimate of drug-likeness (QED) is 0.582. The molecule has 3 heteroatoms. The third kappa shape index (κ3) is 2.02. The van der Waals surface area contributed by atoms with Crippen molar-refractivity contribution in [1.82, 2.24) is 0 Å². The highest BCUT2D eigenvalue weighted by molar-refractivity contribution is 9.10. The normalized spacial score (nSPS) is 10.3. The number of ether oxygens (including phenoxy) is 1. The molecule has 0 aliphatic rings. The first-order chi connectivity index (χ1) is 7.18. The zero-order valence-electron chi connectivity index (χ0n) is 8.16. The van der Waals surface area contributed by atoms with Gasteiger partial charge < -0.3 is 4.74 Å². The van der Waals surface area contributed by atoms with Gasteiger partial charge in [0.2, 0.25) is 0 Å². The van der Waals surface area contributed by atoms with Gasteiger partial charge in [-0.25, -0.2) is 0 Å². The van der Waals surface area contributed by atoms with Gasteiger partial charge in [-0.1, -0.05) is 40.2 Å². The van der Waals surface area contributed by atoms with Crippen LogP contribution in [-0.4, -0.2) is 5.97 Å². The van der Waals surface area contributed by atoms with E-state index in [1.54, 1.807) is 6.07 Å². The predicted octanol–water partition coefficient (Wildman–Crippen LogP) is 3.53. The molecule has 0 saturated carbocycles. The van der Waals surface area contributed by atoms with Gasteiger partial charge in [-0.3, -0.25) is 4.79 Å². The molecule has 0 aliphatic heterocycles. The van der Waals surface area contributed by atoms with Crippen LogP contribution in [0.1, 0.15) is 6.92 Å². The lowest BCUT2D eigenvalue weighted by molar-refractivity contribution is -0.131. The predicted molar refractivity (Wildman–Crippen MR) is 63.0 cm³/mol. The van der Waals surface area contributed by atoms with E-state index in [9.17, 15) is 4.79 Å². The van der Waals surface area contributed by atoms with Crippen LogP contribution in [0.25, 0.3) is 10.8 Å². The van der Waals surface area contributed by atoms with Crippen LogP contribution in [0.4, 0.5) is 0 Å². The maximum absolute atomic E-state index is 10.9. The molecule has 76 valence electrons. The number of benzene rings is 2. The summed E-state index contributed by atoms with van der Waals surface area (Å²) in [4.78, 5) is 10.9. The van der Waals surface area contributed by atoms with Crippen molar-refractivity contribution in [2.45, 2.75) is 6.92 Å². The van der Waals surface area contributed by atoms with Crippen molar-refractivity contribution >= 4 is 32.7 Å². The number of rotatable bonds is 1. The lowest BCUT2D eigenvalue weighted by Crippen LogP contribution is -2.01. The Morgan fingerprint density at radius 2 is 1.80 bits per heavy atom. The second kappa shape index (κ2) is 4.03. The molecule has 0 radical (unpaired) electrons. The average Bonchev–Trinajstić information content (AvgIpc) is 2.19. The fraction of sp³-hybridized carbons (Fsp3) is 0.0833. The van der Waals surface area contributed by atoms with E-state index >= 15 is 0 Å². The van der Waals surface area contributed by atoms with E-state index in [1.807, 2.05) is 30.3 Å². The van der Waals surface area contributed by atoms with Gasteiger partial charge in [-0.15, -0.1) is 0 Å². The second-order valence-corrected chi connectivity index (χ2v) is 4.04. The van der Waals surface area contributed by atoms with E-state index in [0.29, 0.717) is 5.75 Å². The fourth-order valence-electron chi connectivity index (χ4n) is 1.49. The van der Waals surface area contributed by atoms with Gasteiger partial charge in [0, 0.05) is 16.8 Å². The van der Waals surface area contributed by atoms with Crippen molar-refractivity contribution in [3.05, 3.63) is 40.9 Å². The van der Waals surface area contributed by atoms with E-state index in [0.717, 1.165) is 15.2 Å². The first-order valence-electron chi connectivity index (χ1n) is 4.54. The van der Waals surface area contributed by atoms with E-state index in [2.05, 4.69) is 15.9 Å². The molecular weight excluding hydrogens is 256 g/mol. The van der Waals surface area contributed by atoms with Crippen LogP contribution in [0.15, 0.2) is 40.9 Å². The molecule has 0 unspecified atom stereocenters. The van der Waals surface area contributed by atoms with Crippen LogP contribution in [0, 0.1) is 0 Å². The Morgan fingerprint density at radius 3 is 2.53 bits per heavy atom. The molecule has 0 heterocycles. The van der Waals surface area contributed by atoms with Crippen LogP contribution in [0.2, 0.25) is 0 Å². The molecular formula is C12H9BrO2. The van der Waals surface area contributed by atoms with Gasteiger partial charge in [0.25, 0.3) is 0 Å². The maximum atomic E-state index is 10.9. The molecule has 2 rings (SSSR count). The molecule has 0 spiro atoms. The van der Waals surface area contributed by atoms with Crippen LogP contribution in [-0.2, 0) is 4.79 Å². The highest BCUT2D eigenvalue weighted by atomic mass is 79.9. The number of halogens is 1. The van der Waals surface area contributed by atoms with Gasteiger partial charge >= 0.3 is 5.97 Å². The van der Waals surface area contributed by atoms with E-state index < -0.39 is 0 Å². The third-order valence-corrected chi connectivity index (χ3v) is 2.77. The lowest BCUT2D eigenvalue weighted by Gasteiger charge is -2.06. The summed E-state index contributed by atoms with van der Waals surface area (Å²) in [7, 11) is 0. The standard InChI is InChI=1S/C12H9BrO2/c1-8(14)15-12-7-3-4-9-10(12)5-2-6-11(9)13/h2-7H,1H3. The van der Waals surface area contributed by atoms with Gasteiger partial charge in [-0.05, 0) is 17.5 Å².